The molecule has 0 bridgehead atoms. The Morgan fingerprint density at radius 2 is 1.84 bits per heavy atom. The minimum absolute atomic E-state index is 0.229. The Morgan fingerprint density at radius 1 is 1.21 bits per heavy atom. The van der Waals surface area contributed by atoms with E-state index in [1.165, 1.54) is 0 Å². The fourth-order valence-corrected chi connectivity index (χ4v) is 2.41. The third kappa shape index (κ3) is 3.89. The van der Waals surface area contributed by atoms with Gasteiger partial charge in [-0.3, -0.25) is 15.0 Å². The minimum atomic E-state index is -0.441. The molecular weight excluding hydrogens is 250 g/mol. The van der Waals surface area contributed by atoms with Gasteiger partial charge >= 0.3 is 6.03 Å². The molecule has 0 radical (unpaired) electrons. The summed E-state index contributed by atoms with van der Waals surface area (Å²) in [5, 5.41) is 4.82. The standard InChI is InChI=1S/C12H21N3O4/c1-2-13-11(17)14-10(16)9-15-5-3-12(4-6-15)18-7-8-19-12/h2-9H2,1H3,(H2,13,14,16,17). The van der Waals surface area contributed by atoms with Crippen molar-refractivity contribution in [3.05, 3.63) is 0 Å². The lowest BCUT2D eigenvalue weighted by molar-refractivity contribution is -0.185. The van der Waals surface area contributed by atoms with E-state index >= 15 is 0 Å². The zero-order valence-corrected chi connectivity index (χ0v) is 11.2. The van der Waals surface area contributed by atoms with Crippen molar-refractivity contribution in [1.29, 1.82) is 0 Å². The molecule has 7 heteroatoms. The van der Waals surface area contributed by atoms with Crippen LogP contribution in [0, 0.1) is 0 Å². The maximum atomic E-state index is 11.6. The number of piperidine rings is 1. The molecule has 7 nitrogen and oxygen atoms in total. The van der Waals surface area contributed by atoms with Crippen LogP contribution in [0.2, 0.25) is 0 Å². The van der Waals surface area contributed by atoms with Crippen molar-refractivity contribution in [1.82, 2.24) is 15.5 Å². The molecule has 0 aromatic heterocycles. The van der Waals surface area contributed by atoms with E-state index < -0.39 is 11.8 Å². The quantitative estimate of drug-likeness (QED) is 0.735. The van der Waals surface area contributed by atoms with Crippen molar-refractivity contribution in [2.75, 3.05) is 39.4 Å². The van der Waals surface area contributed by atoms with Crippen LogP contribution in [0.1, 0.15) is 19.8 Å². The third-order valence-corrected chi connectivity index (χ3v) is 3.39. The van der Waals surface area contributed by atoms with Crippen LogP contribution in [0.25, 0.3) is 0 Å². The Bertz CT molecular complexity index is 332. The molecule has 108 valence electrons. The van der Waals surface area contributed by atoms with Crippen molar-refractivity contribution in [3.63, 3.8) is 0 Å². The second-order valence-electron chi connectivity index (χ2n) is 4.79. The number of hydrogen-bond acceptors (Lipinski definition) is 5. The average molecular weight is 271 g/mol. The summed E-state index contributed by atoms with van der Waals surface area (Å²) in [7, 11) is 0. The SMILES string of the molecule is CCNC(=O)NC(=O)CN1CCC2(CC1)OCCO2. The summed E-state index contributed by atoms with van der Waals surface area (Å²) in [6.07, 6.45) is 1.53. The number of carbonyl (C=O) groups is 2. The molecule has 2 aliphatic heterocycles. The summed E-state index contributed by atoms with van der Waals surface area (Å²) in [5.74, 6) is -0.706. The molecule has 0 atom stereocenters. The highest BCUT2D eigenvalue weighted by molar-refractivity contribution is 5.95. The molecule has 0 aromatic rings. The first-order chi connectivity index (χ1) is 9.13. The number of urea groups is 1. The second kappa shape index (κ2) is 6.31. The van der Waals surface area contributed by atoms with E-state index in [0.29, 0.717) is 19.8 Å². The Labute approximate surface area is 112 Å². The van der Waals surface area contributed by atoms with Gasteiger partial charge in [0.15, 0.2) is 5.79 Å². The first kappa shape index (κ1) is 14.2. The molecule has 2 saturated heterocycles. The summed E-state index contributed by atoms with van der Waals surface area (Å²) in [5.41, 5.74) is 0. The van der Waals surface area contributed by atoms with Crippen LogP contribution in [0.3, 0.4) is 0 Å². The predicted molar refractivity (Wildman–Crippen MR) is 67.5 cm³/mol. The zero-order chi connectivity index (χ0) is 13.7. The maximum Gasteiger partial charge on any atom is 0.321 e. The summed E-state index contributed by atoms with van der Waals surface area (Å²) in [6.45, 7) is 5.31. The average Bonchev–Trinajstić information content (AvgIpc) is 2.81. The number of carbonyl (C=O) groups excluding carboxylic acids is 2. The van der Waals surface area contributed by atoms with Gasteiger partial charge in [0.2, 0.25) is 5.91 Å². The highest BCUT2D eigenvalue weighted by Crippen LogP contribution is 2.30. The Hall–Kier alpha value is -1.18. The van der Waals surface area contributed by atoms with E-state index in [0.717, 1.165) is 25.9 Å². The van der Waals surface area contributed by atoms with Gasteiger partial charge in [-0.05, 0) is 6.92 Å². The van der Waals surface area contributed by atoms with Crippen LogP contribution < -0.4 is 10.6 Å². The molecule has 0 saturated carbocycles. The van der Waals surface area contributed by atoms with Crippen LogP contribution >= 0.6 is 0 Å². The number of rotatable bonds is 3. The van der Waals surface area contributed by atoms with Gasteiger partial charge in [0.1, 0.15) is 0 Å². The van der Waals surface area contributed by atoms with Gasteiger partial charge in [0, 0.05) is 32.5 Å². The van der Waals surface area contributed by atoms with E-state index in [1.807, 2.05) is 4.90 Å². The van der Waals surface area contributed by atoms with Crippen molar-refractivity contribution >= 4 is 11.9 Å². The Morgan fingerprint density at radius 3 is 2.42 bits per heavy atom. The monoisotopic (exact) mass is 271 g/mol. The summed E-state index contributed by atoms with van der Waals surface area (Å²) in [4.78, 5) is 24.8. The number of imide groups is 1. The summed E-state index contributed by atoms with van der Waals surface area (Å²) in [6, 6.07) is -0.441. The van der Waals surface area contributed by atoms with Gasteiger partial charge in [-0.15, -0.1) is 0 Å². The molecule has 2 fully saturated rings. The molecule has 19 heavy (non-hydrogen) atoms. The lowest BCUT2D eigenvalue weighted by Crippen LogP contribution is -2.49. The maximum absolute atomic E-state index is 11.6. The lowest BCUT2D eigenvalue weighted by atomic mass is 10.0. The highest BCUT2D eigenvalue weighted by Gasteiger charge is 2.39. The molecule has 2 rings (SSSR count). The lowest BCUT2D eigenvalue weighted by Gasteiger charge is -2.37. The van der Waals surface area contributed by atoms with Gasteiger partial charge in [-0.25, -0.2) is 4.79 Å². The first-order valence-corrected chi connectivity index (χ1v) is 6.71. The number of hydrogen-bond donors (Lipinski definition) is 2. The fraction of sp³-hybridized carbons (Fsp3) is 0.833. The van der Waals surface area contributed by atoms with Crippen LogP contribution in [-0.2, 0) is 14.3 Å². The van der Waals surface area contributed by atoms with E-state index in [2.05, 4.69) is 10.6 Å². The smallest absolute Gasteiger partial charge is 0.321 e. The number of ether oxygens (including phenoxy) is 2. The topological polar surface area (TPSA) is 79.9 Å². The number of amides is 3. The Kier molecular flexibility index (Phi) is 4.73. The molecule has 2 heterocycles. The van der Waals surface area contributed by atoms with Gasteiger partial charge in [0.25, 0.3) is 0 Å². The van der Waals surface area contributed by atoms with Crippen LogP contribution in [0.4, 0.5) is 4.79 Å². The van der Waals surface area contributed by atoms with Gasteiger partial charge < -0.3 is 14.8 Å². The molecular formula is C12H21N3O4. The van der Waals surface area contributed by atoms with E-state index in [1.54, 1.807) is 6.92 Å². The molecule has 3 amide bonds. The third-order valence-electron chi connectivity index (χ3n) is 3.39. The molecule has 0 aliphatic carbocycles. The highest BCUT2D eigenvalue weighted by atomic mass is 16.7. The molecule has 2 N–H and O–H groups in total. The van der Waals surface area contributed by atoms with Gasteiger partial charge in [0.05, 0.1) is 19.8 Å². The van der Waals surface area contributed by atoms with Crippen molar-refractivity contribution in [2.24, 2.45) is 0 Å². The second-order valence-corrected chi connectivity index (χ2v) is 4.79. The Balaban J connectivity index is 1.70. The van der Waals surface area contributed by atoms with Crippen molar-refractivity contribution in [3.8, 4) is 0 Å². The van der Waals surface area contributed by atoms with Crippen LogP contribution in [-0.4, -0.2) is 62.0 Å². The van der Waals surface area contributed by atoms with Crippen LogP contribution in [0.5, 0.6) is 0 Å². The number of nitrogens with one attached hydrogen (secondary N) is 2. The summed E-state index contributed by atoms with van der Waals surface area (Å²) >= 11 is 0. The van der Waals surface area contributed by atoms with E-state index in [4.69, 9.17) is 9.47 Å². The molecule has 2 aliphatic rings. The number of nitrogens with zero attached hydrogens (tertiary/aromatic N) is 1. The van der Waals surface area contributed by atoms with Crippen molar-refractivity contribution in [2.45, 2.75) is 25.6 Å². The molecule has 0 unspecified atom stereocenters. The van der Waals surface area contributed by atoms with E-state index in [9.17, 15) is 9.59 Å². The minimum Gasteiger partial charge on any atom is -0.347 e. The van der Waals surface area contributed by atoms with Crippen LogP contribution in [0.15, 0.2) is 0 Å². The zero-order valence-electron chi connectivity index (χ0n) is 11.2. The first-order valence-electron chi connectivity index (χ1n) is 6.71. The van der Waals surface area contributed by atoms with Crippen molar-refractivity contribution < 1.29 is 19.1 Å². The predicted octanol–water partition coefficient (Wildman–Crippen LogP) is -0.329. The summed E-state index contributed by atoms with van der Waals surface area (Å²) < 4.78 is 11.2. The number of likely N-dealkylation sites (tertiary alicyclic amines) is 1. The van der Waals surface area contributed by atoms with Gasteiger partial charge in [-0.1, -0.05) is 0 Å². The largest absolute Gasteiger partial charge is 0.347 e. The normalized spacial score (nSPS) is 22.4. The molecule has 0 aromatic carbocycles. The molecule has 1 spiro atoms. The fourth-order valence-electron chi connectivity index (χ4n) is 2.41. The van der Waals surface area contributed by atoms with E-state index in [-0.39, 0.29) is 12.5 Å². The van der Waals surface area contributed by atoms with Gasteiger partial charge in [-0.2, -0.15) is 0 Å².